The highest BCUT2D eigenvalue weighted by atomic mass is 19.1. The normalized spacial score (nSPS) is 12.4. The van der Waals surface area contributed by atoms with Crippen molar-refractivity contribution in [2.75, 3.05) is 0 Å². The summed E-state index contributed by atoms with van der Waals surface area (Å²) >= 11 is 0. The van der Waals surface area contributed by atoms with Gasteiger partial charge in [-0.3, -0.25) is 4.79 Å². The molecule has 156 valence electrons. The average molecular weight is 406 g/mol. The minimum atomic E-state index is -0.887. The predicted octanol–water partition coefficient (Wildman–Crippen LogP) is 5.70. The third kappa shape index (κ3) is 5.33. The van der Waals surface area contributed by atoms with Crippen LogP contribution in [-0.4, -0.2) is 5.97 Å². The fraction of sp³-hybridized carbons (Fsp3) is 0.269. The van der Waals surface area contributed by atoms with Crippen molar-refractivity contribution in [3.05, 3.63) is 107 Å². The van der Waals surface area contributed by atoms with Crippen LogP contribution in [0, 0.1) is 5.82 Å². The molecule has 0 aliphatic carbocycles. The van der Waals surface area contributed by atoms with Crippen LogP contribution in [0.15, 0.2) is 78.9 Å². The monoisotopic (exact) mass is 405 g/mol. The minimum Gasteiger partial charge on any atom is -0.460 e. The number of hydrogen-bond donors (Lipinski definition) is 1. The fourth-order valence-electron chi connectivity index (χ4n) is 3.24. The van der Waals surface area contributed by atoms with Gasteiger partial charge in [0.2, 0.25) is 0 Å². The van der Waals surface area contributed by atoms with Gasteiger partial charge in [0.1, 0.15) is 12.4 Å². The van der Waals surface area contributed by atoms with Gasteiger partial charge in [-0.25, -0.2) is 4.39 Å². The van der Waals surface area contributed by atoms with Gasteiger partial charge < -0.3 is 10.1 Å². The van der Waals surface area contributed by atoms with Crippen molar-refractivity contribution in [1.82, 2.24) is 5.32 Å². The van der Waals surface area contributed by atoms with E-state index in [0.29, 0.717) is 12.1 Å². The topological polar surface area (TPSA) is 38.3 Å². The van der Waals surface area contributed by atoms with Crippen molar-refractivity contribution in [2.45, 2.75) is 45.4 Å². The molecule has 0 saturated heterocycles. The Bertz CT molecular complexity index is 971. The molecule has 0 unspecified atom stereocenters. The summed E-state index contributed by atoms with van der Waals surface area (Å²) in [6.45, 7) is 6.23. The molecule has 0 fully saturated rings. The predicted molar refractivity (Wildman–Crippen MR) is 117 cm³/mol. The molecule has 0 amide bonds. The lowest BCUT2D eigenvalue weighted by molar-refractivity contribution is -0.150. The van der Waals surface area contributed by atoms with E-state index in [0.717, 1.165) is 16.7 Å². The van der Waals surface area contributed by atoms with Crippen molar-refractivity contribution in [3.63, 3.8) is 0 Å². The molecule has 4 heteroatoms. The molecule has 0 bridgehead atoms. The first-order valence-electron chi connectivity index (χ1n) is 10.2. The molecule has 30 heavy (non-hydrogen) atoms. The number of esters is 1. The standard InChI is InChI=1S/C26H28FNO2/c1-19(21-12-8-5-9-13-21)28-17-22-16-23(14-15-24(22)27)26(2,3)25(29)30-18-20-10-6-4-7-11-20/h4-16,19,28H,17-18H2,1-3H3/t19-/m1/s1. The largest absolute Gasteiger partial charge is 0.460 e. The Morgan fingerprint density at radius 1 is 1.00 bits per heavy atom. The maximum atomic E-state index is 14.4. The molecule has 0 aromatic heterocycles. The number of nitrogens with one attached hydrogen (secondary N) is 1. The second-order valence-corrected chi connectivity index (χ2v) is 8.01. The Morgan fingerprint density at radius 2 is 1.63 bits per heavy atom. The molecule has 3 aromatic rings. The van der Waals surface area contributed by atoms with Crippen molar-refractivity contribution in [2.24, 2.45) is 0 Å². The molecule has 3 nitrogen and oxygen atoms in total. The maximum absolute atomic E-state index is 14.4. The van der Waals surface area contributed by atoms with Gasteiger partial charge in [0.05, 0.1) is 5.41 Å². The van der Waals surface area contributed by atoms with Crippen LogP contribution in [0.3, 0.4) is 0 Å². The van der Waals surface area contributed by atoms with Crippen LogP contribution in [0.25, 0.3) is 0 Å². The van der Waals surface area contributed by atoms with Crippen molar-refractivity contribution >= 4 is 5.97 Å². The summed E-state index contributed by atoms with van der Waals surface area (Å²) in [7, 11) is 0. The second-order valence-electron chi connectivity index (χ2n) is 8.01. The van der Waals surface area contributed by atoms with Crippen molar-refractivity contribution < 1.29 is 13.9 Å². The molecular weight excluding hydrogens is 377 g/mol. The number of carbonyl (C=O) groups is 1. The highest BCUT2D eigenvalue weighted by molar-refractivity contribution is 5.82. The van der Waals surface area contributed by atoms with Crippen LogP contribution in [-0.2, 0) is 28.1 Å². The number of carbonyl (C=O) groups excluding carboxylic acids is 1. The van der Waals surface area contributed by atoms with E-state index in [-0.39, 0.29) is 24.4 Å². The molecular formula is C26H28FNO2. The summed E-state index contributed by atoms with van der Waals surface area (Å²) in [5.74, 6) is -0.630. The molecule has 0 spiro atoms. The summed E-state index contributed by atoms with van der Waals surface area (Å²) in [5.41, 5.74) is 2.44. The zero-order chi connectivity index (χ0) is 21.6. The summed E-state index contributed by atoms with van der Waals surface area (Å²) in [5, 5.41) is 3.35. The SMILES string of the molecule is C[C@@H](NCc1cc(C(C)(C)C(=O)OCc2ccccc2)ccc1F)c1ccccc1. The van der Waals surface area contributed by atoms with Gasteiger partial charge in [-0.05, 0) is 43.5 Å². The maximum Gasteiger partial charge on any atom is 0.316 e. The number of rotatable bonds is 8. The van der Waals surface area contributed by atoms with Crippen LogP contribution in [0.1, 0.15) is 49.1 Å². The minimum absolute atomic E-state index is 0.0816. The van der Waals surface area contributed by atoms with E-state index in [1.54, 1.807) is 26.0 Å². The highest BCUT2D eigenvalue weighted by Crippen LogP contribution is 2.27. The molecule has 0 radical (unpaired) electrons. The van der Waals surface area contributed by atoms with Gasteiger partial charge in [-0.15, -0.1) is 0 Å². The first-order chi connectivity index (χ1) is 14.4. The highest BCUT2D eigenvalue weighted by Gasteiger charge is 2.32. The zero-order valence-corrected chi connectivity index (χ0v) is 17.7. The quantitative estimate of drug-likeness (QED) is 0.489. The molecule has 0 aliphatic rings. The Labute approximate surface area is 177 Å². The Morgan fingerprint density at radius 3 is 2.30 bits per heavy atom. The summed E-state index contributed by atoms with van der Waals surface area (Å²) in [4.78, 5) is 12.8. The van der Waals surface area contributed by atoms with Gasteiger partial charge in [0, 0.05) is 18.2 Å². The first kappa shape index (κ1) is 21.7. The third-order valence-corrected chi connectivity index (χ3v) is 5.39. The van der Waals surface area contributed by atoms with Crippen molar-refractivity contribution in [3.8, 4) is 0 Å². The van der Waals surface area contributed by atoms with Gasteiger partial charge in [-0.2, -0.15) is 0 Å². The van der Waals surface area contributed by atoms with Gasteiger partial charge >= 0.3 is 5.97 Å². The van der Waals surface area contributed by atoms with E-state index >= 15 is 0 Å². The molecule has 0 aliphatic heterocycles. The van der Waals surface area contributed by atoms with Crippen LogP contribution in [0.5, 0.6) is 0 Å². The lowest BCUT2D eigenvalue weighted by atomic mass is 9.84. The molecule has 0 heterocycles. The van der Waals surface area contributed by atoms with Crippen LogP contribution in [0.4, 0.5) is 4.39 Å². The first-order valence-corrected chi connectivity index (χ1v) is 10.2. The molecule has 1 N–H and O–H groups in total. The van der Waals surface area contributed by atoms with E-state index < -0.39 is 5.41 Å². The smallest absolute Gasteiger partial charge is 0.316 e. The molecule has 0 saturated carbocycles. The van der Waals surface area contributed by atoms with Gasteiger partial charge in [0.15, 0.2) is 0 Å². The van der Waals surface area contributed by atoms with Gasteiger partial charge in [-0.1, -0.05) is 72.8 Å². The third-order valence-electron chi connectivity index (χ3n) is 5.39. The van der Waals surface area contributed by atoms with Crippen LogP contribution in [0.2, 0.25) is 0 Å². The Balaban J connectivity index is 1.68. The van der Waals surface area contributed by atoms with E-state index in [1.807, 2.05) is 67.6 Å². The summed E-state index contributed by atoms with van der Waals surface area (Å²) in [6.07, 6.45) is 0. The number of ether oxygens (including phenoxy) is 1. The molecule has 1 atom stereocenters. The lowest BCUT2D eigenvalue weighted by Crippen LogP contribution is -2.31. The van der Waals surface area contributed by atoms with Crippen LogP contribution >= 0.6 is 0 Å². The summed E-state index contributed by atoms with van der Waals surface area (Å²) < 4.78 is 20.0. The lowest BCUT2D eigenvalue weighted by Gasteiger charge is -2.24. The number of halogens is 1. The van der Waals surface area contributed by atoms with Crippen molar-refractivity contribution in [1.29, 1.82) is 0 Å². The summed E-state index contributed by atoms with van der Waals surface area (Å²) in [6, 6.07) is 24.5. The molecule has 3 rings (SSSR count). The molecule has 3 aromatic carbocycles. The Hall–Kier alpha value is -2.98. The number of benzene rings is 3. The van der Waals surface area contributed by atoms with Gasteiger partial charge in [0.25, 0.3) is 0 Å². The second kappa shape index (κ2) is 9.68. The Kier molecular flexibility index (Phi) is 7.01. The fourth-order valence-corrected chi connectivity index (χ4v) is 3.24. The average Bonchev–Trinajstić information content (AvgIpc) is 2.77. The number of hydrogen-bond acceptors (Lipinski definition) is 3. The van der Waals surface area contributed by atoms with E-state index in [9.17, 15) is 9.18 Å². The van der Waals surface area contributed by atoms with E-state index in [1.165, 1.54) is 6.07 Å². The van der Waals surface area contributed by atoms with Crippen LogP contribution < -0.4 is 5.32 Å². The van der Waals surface area contributed by atoms with E-state index in [2.05, 4.69) is 5.32 Å². The zero-order valence-electron chi connectivity index (χ0n) is 17.7. The van der Waals surface area contributed by atoms with E-state index in [4.69, 9.17) is 4.74 Å².